The van der Waals surface area contributed by atoms with Gasteiger partial charge < -0.3 is 10.8 Å². The Morgan fingerprint density at radius 3 is 2.45 bits per heavy atom. The first kappa shape index (κ1) is 7.10. The molecule has 0 aliphatic heterocycles. The number of carboxylic acid groups (broad SMARTS) is 1. The second-order valence-corrected chi connectivity index (χ2v) is 3.76. The molecule has 3 heteroatoms. The van der Waals surface area contributed by atoms with E-state index < -0.39 is 5.97 Å². The molecular weight excluding hydrogens is 142 g/mol. The lowest BCUT2D eigenvalue weighted by Crippen LogP contribution is -2.29. The van der Waals surface area contributed by atoms with Crippen LogP contribution in [0.1, 0.15) is 19.3 Å². The molecule has 2 bridgehead atoms. The normalized spacial score (nSPS) is 48.1. The van der Waals surface area contributed by atoms with E-state index in [1.807, 2.05) is 0 Å². The van der Waals surface area contributed by atoms with Crippen LogP contribution in [0.4, 0.5) is 0 Å². The Hall–Kier alpha value is -0.570. The van der Waals surface area contributed by atoms with Gasteiger partial charge in [0.05, 0.1) is 5.92 Å². The molecule has 3 nitrogen and oxygen atoms in total. The molecule has 2 aliphatic rings. The Balaban J connectivity index is 2.19. The van der Waals surface area contributed by atoms with Crippen LogP contribution in [0.5, 0.6) is 0 Å². The van der Waals surface area contributed by atoms with Crippen molar-refractivity contribution < 1.29 is 9.90 Å². The molecule has 2 fully saturated rings. The van der Waals surface area contributed by atoms with Gasteiger partial charge in [-0.1, -0.05) is 0 Å². The number of nitrogens with two attached hydrogens (primary N) is 1. The number of rotatable bonds is 1. The van der Waals surface area contributed by atoms with Crippen molar-refractivity contribution in [1.29, 1.82) is 0 Å². The van der Waals surface area contributed by atoms with Gasteiger partial charge in [0.15, 0.2) is 0 Å². The first-order chi connectivity index (χ1) is 5.20. The molecule has 2 aliphatic carbocycles. The third-order valence-electron chi connectivity index (χ3n) is 3.25. The predicted octanol–water partition coefficient (Wildman–Crippen LogP) is 0.444. The van der Waals surface area contributed by atoms with Crippen LogP contribution in [0.3, 0.4) is 0 Å². The number of fused-ring (bicyclic) bond motifs is 2. The van der Waals surface area contributed by atoms with Crippen molar-refractivity contribution in [3.8, 4) is 0 Å². The molecule has 0 heterocycles. The van der Waals surface area contributed by atoms with Crippen molar-refractivity contribution in [3.05, 3.63) is 0 Å². The van der Waals surface area contributed by atoms with Gasteiger partial charge in [0, 0.05) is 6.04 Å². The Kier molecular flexibility index (Phi) is 1.42. The third kappa shape index (κ3) is 0.872. The minimum Gasteiger partial charge on any atom is -0.481 e. The lowest BCUT2D eigenvalue weighted by molar-refractivity contribution is -0.143. The van der Waals surface area contributed by atoms with Crippen LogP contribution in [0.25, 0.3) is 0 Å². The summed E-state index contributed by atoms with van der Waals surface area (Å²) in [6.45, 7) is 0. The van der Waals surface area contributed by atoms with Crippen LogP contribution in [-0.2, 0) is 4.79 Å². The minimum atomic E-state index is -0.634. The van der Waals surface area contributed by atoms with E-state index in [2.05, 4.69) is 0 Å². The average Bonchev–Trinajstić information content (AvgIpc) is 2.41. The highest BCUT2D eigenvalue weighted by molar-refractivity contribution is 5.72. The van der Waals surface area contributed by atoms with Crippen molar-refractivity contribution in [1.82, 2.24) is 0 Å². The van der Waals surface area contributed by atoms with Gasteiger partial charge >= 0.3 is 5.97 Å². The van der Waals surface area contributed by atoms with E-state index in [1.165, 1.54) is 0 Å². The number of hydrogen-bond donors (Lipinski definition) is 2. The zero-order valence-electron chi connectivity index (χ0n) is 6.36. The lowest BCUT2D eigenvalue weighted by Gasteiger charge is -2.15. The summed E-state index contributed by atoms with van der Waals surface area (Å²) in [5.74, 6) is -0.0968. The van der Waals surface area contributed by atoms with E-state index in [4.69, 9.17) is 10.8 Å². The Labute approximate surface area is 65.6 Å². The van der Waals surface area contributed by atoms with E-state index in [0.29, 0.717) is 5.92 Å². The van der Waals surface area contributed by atoms with E-state index in [0.717, 1.165) is 19.3 Å². The summed E-state index contributed by atoms with van der Waals surface area (Å²) in [4.78, 5) is 10.8. The Bertz CT molecular complexity index is 193. The molecule has 2 saturated carbocycles. The van der Waals surface area contributed by atoms with Crippen molar-refractivity contribution in [2.24, 2.45) is 23.5 Å². The zero-order valence-corrected chi connectivity index (χ0v) is 6.36. The van der Waals surface area contributed by atoms with Crippen molar-refractivity contribution >= 4 is 5.97 Å². The lowest BCUT2D eigenvalue weighted by atomic mass is 9.95. The molecule has 11 heavy (non-hydrogen) atoms. The van der Waals surface area contributed by atoms with Crippen LogP contribution in [0.2, 0.25) is 0 Å². The number of carbonyl (C=O) groups is 1. The largest absolute Gasteiger partial charge is 0.481 e. The van der Waals surface area contributed by atoms with Gasteiger partial charge in [-0.15, -0.1) is 0 Å². The molecule has 62 valence electrons. The molecule has 0 amide bonds. The third-order valence-corrected chi connectivity index (χ3v) is 3.25. The Morgan fingerprint density at radius 2 is 2.18 bits per heavy atom. The molecule has 0 spiro atoms. The highest BCUT2D eigenvalue weighted by atomic mass is 16.4. The maximum atomic E-state index is 10.8. The summed E-state index contributed by atoms with van der Waals surface area (Å²) in [6, 6.07) is 0.162. The predicted molar refractivity (Wildman–Crippen MR) is 39.9 cm³/mol. The van der Waals surface area contributed by atoms with Gasteiger partial charge in [-0.25, -0.2) is 0 Å². The quantitative estimate of drug-likeness (QED) is 0.577. The van der Waals surface area contributed by atoms with Crippen LogP contribution in [-0.4, -0.2) is 17.1 Å². The second kappa shape index (κ2) is 2.21. The van der Waals surface area contributed by atoms with E-state index in [1.54, 1.807) is 0 Å². The van der Waals surface area contributed by atoms with E-state index in [-0.39, 0.29) is 17.9 Å². The van der Waals surface area contributed by atoms with Crippen LogP contribution in [0, 0.1) is 17.8 Å². The summed E-state index contributed by atoms with van der Waals surface area (Å²) in [5.41, 5.74) is 5.78. The van der Waals surface area contributed by atoms with Crippen LogP contribution in [0.15, 0.2) is 0 Å². The highest BCUT2D eigenvalue weighted by Crippen LogP contribution is 2.48. The first-order valence-electron chi connectivity index (χ1n) is 4.18. The summed E-state index contributed by atoms with van der Waals surface area (Å²) in [5, 5.41) is 8.86. The molecule has 4 atom stereocenters. The monoisotopic (exact) mass is 155 g/mol. The standard InChI is InChI=1S/C8H13NO2/c9-6-3-4-1-2-5(6)7(4)8(10)11/h4-7H,1-3,9H2,(H,10,11)/t4-,5+,6-,7+/m1/s1. The number of aliphatic carboxylic acids is 1. The van der Waals surface area contributed by atoms with Crippen molar-refractivity contribution in [3.63, 3.8) is 0 Å². The van der Waals surface area contributed by atoms with Gasteiger partial charge in [-0.3, -0.25) is 4.79 Å². The van der Waals surface area contributed by atoms with Gasteiger partial charge in [0.25, 0.3) is 0 Å². The second-order valence-electron chi connectivity index (χ2n) is 3.76. The topological polar surface area (TPSA) is 63.3 Å². The fraction of sp³-hybridized carbons (Fsp3) is 0.875. The average molecular weight is 155 g/mol. The molecule has 2 rings (SSSR count). The molecule has 0 aromatic heterocycles. The molecule has 3 N–H and O–H groups in total. The molecular formula is C8H13NO2. The van der Waals surface area contributed by atoms with Gasteiger partial charge in [0.2, 0.25) is 0 Å². The molecule has 0 saturated heterocycles. The van der Waals surface area contributed by atoms with Gasteiger partial charge in [-0.05, 0) is 31.1 Å². The van der Waals surface area contributed by atoms with Crippen molar-refractivity contribution in [2.45, 2.75) is 25.3 Å². The molecule has 0 aromatic rings. The van der Waals surface area contributed by atoms with Gasteiger partial charge in [0.1, 0.15) is 0 Å². The number of carboxylic acids is 1. The summed E-state index contributed by atoms with van der Waals surface area (Å²) < 4.78 is 0. The number of hydrogen-bond acceptors (Lipinski definition) is 2. The van der Waals surface area contributed by atoms with Crippen LogP contribution >= 0.6 is 0 Å². The molecule has 0 aromatic carbocycles. The molecule has 0 radical (unpaired) electrons. The van der Waals surface area contributed by atoms with Gasteiger partial charge in [-0.2, -0.15) is 0 Å². The fourth-order valence-corrected chi connectivity index (χ4v) is 2.77. The first-order valence-corrected chi connectivity index (χ1v) is 4.18. The molecule has 0 unspecified atom stereocenters. The maximum absolute atomic E-state index is 10.8. The fourth-order valence-electron chi connectivity index (χ4n) is 2.77. The Morgan fingerprint density at radius 1 is 1.45 bits per heavy atom. The zero-order chi connectivity index (χ0) is 8.01. The van der Waals surface area contributed by atoms with E-state index >= 15 is 0 Å². The minimum absolute atomic E-state index is 0.120. The summed E-state index contributed by atoms with van der Waals surface area (Å²) >= 11 is 0. The maximum Gasteiger partial charge on any atom is 0.307 e. The smallest absolute Gasteiger partial charge is 0.307 e. The SMILES string of the molecule is N[C@@H]1C[C@H]2CC[C@@H]1[C@H]2C(=O)O. The highest BCUT2D eigenvalue weighted by Gasteiger charge is 2.50. The summed E-state index contributed by atoms with van der Waals surface area (Å²) in [6.07, 6.45) is 3.04. The van der Waals surface area contributed by atoms with Crippen molar-refractivity contribution in [2.75, 3.05) is 0 Å². The van der Waals surface area contributed by atoms with E-state index in [9.17, 15) is 4.79 Å². The summed E-state index contributed by atoms with van der Waals surface area (Å²) in [7, 11) is 0. The van der Waals surface area contributed by atoms with Crippen LogP contribution < -0.4 is 5.73 Å².